The summed E-state index contributed by atoms with van der Waals surface area (Å²) in [5.41, 5.74) is 1.14. The molecule has 2 saturated heterocycles. The zero-order chi connectivity index (χ0) is 19.9. The molecular formula is C22H31N3O3. The molecule has 0 radical (unpaired) electrons. The fourth-order valence-electron chi connectivity index (χ4n) is 4.11. The van der Waals surface area contributed by atoms with Gasteiger partial charge < -0.3 is 15.1 Å². The molecule has 0 saturated carbocycles. The van der Waals surface area contributed by atoms with Gasteiger partial charge in [0, 0.05) is 52.0 Å². The van der Waals surface area contributed by atoms with E-state index in [2.05, 4.69) is 5.32 Å². The fourth-order valence-corrected chi connectivity index (χ4v) is 4.11. The smallest absolute Gasteiger partial charge is 0.224 e. The number of rotatable bonds is 7. The molecule has 3 amide bonds. The minimum Gasteiger partial charge on any atom is -0.353 e. The van der Waals surface area contributed by atoms with Crippen LogP contribution in [0.2, 0.25) is 0 Å². The molecule has 2 aliphatic rings. The van der Waals surface area contributed by atoms with Crippen LogP contribution in [0.25, 0.3) is 0 Å². The minimum absolute atomic E-state index is 0.00972. The molecule has 28 heavy (non-hydrogen) atoms. The van der Waals surface area contributed by atoms with E-state index in [0.717, 1.165) is 44.3 Å². The molecule has 0 bridgehead atoms. The maximum absolute atomic E-state index is 12.4. The van der Waals surface area contributed by atoms with Crippen molar-refractivity contribution in [3.8, 4) is 0 Å². The van der Waals surface area contributed by atoms with Crippen LogP contribution in [0.3, 0.4) is 0 Å². The van der Waals surface area contributed by atoms with Crippen LogP contribution >= 0.6 is 0 Å². The predicted octanol–water partition coefficient (Wildman–Crippen LogP) is 2.33. The van der Waals surface area contributed by atoms with Crippen LogP contribution < -0.4 is 5.32 Å². The second kappa shape index (κ2) is 9.71. The van der Waals surface area contributed by atoms with Crippen molar-refractivity contribution in [3.63, 3.8) is 0 Å². The zero-order valence-corrected chi connectivity index (χ0v) is 16.7. The van der Waals surface area contributed by atoms with Gasteiger partial charge in [-0.1, -0.05) is 30.3 Å². The maximum atomic E-state index is 12.4. The Kier molecular flexibility index (Phi) is 7.06. The highest BCUT2D eigenvalue weighted by Crippen LogP contribution is 2.23. The Morgan fingerprint density at radius 2 is 1.86 bits per heavy atom. The van der Waals surface area contributed by atoms with E-state index in [9.17, 15) is 14.4 Å². The molecule has 2 aliphatic heterocycles. The van der Waals surface area contributed by atoms with E-state index in [1.165, 1.54) is 0 Å². The third-order valence-corrected chi connectivity index (χ3v) is 5.93. The molecule has 1 aromatic rings. The van der Waals surface area contributed by atoms with Crippen LogP contribution in [0, 0.1) is 5.92 Å². The number of benzene rings is 1. The van der Waals surface area contributed by atoms with Crippen molar-refractivity contribution in [1.82, 2.24) is 15.1 Å². The summed E-state index contributed by atoms with van der Waals surface area (Å²) in [6.45, 7) is 2.17. The second-order valence-corrected chi connectivity index (χ2v) is 8.11. The van der Waals surface area contributed by atoms with Gasteiger partial charge in [0.25, 0.3) is 0 Å². The summed E-state index contributed by atoms with van der Waals surface area (Å²) in [4.78, 5) is 39.8. The summed E-state index contributed by atoms with van der Waals surface area (Å²) in [6.07, 6.45) is 5.08. The Labute approximate surface area is 167 Å². The summed E-state index contributed by atoms with van der Waals surface area (Å²) in [6, 6.07) is 10.0. The molecule has 152 valence electrons. The summed E-state index contributed by atoms with van der Waals surface area (Å²) in [7, 11) is 1.86. The molecule has 6 nitrogen and oxygen atoms in total. The van der Waals surface area contributed by atoms with Gasteiger partial charge in [-0.05, 0) is 37.2 Å². The molecule has 0 spiro atoms. The number of nitrogens with zero attached hydrogens (tertiary/aromatic N) is 2. The lowest BCUT2D eigenvalue weighted by Gasteiger charge is -2.33. The van der Waals surface area contributed by atoms with Crippen LogP contribution in [-0.4, -0.2) is 53.7 Å². The molecule has 2 fully saturated rings. The van der Waals surface area contributed by atoms with Crippen molar-refractivity contribution in [1.29, 1.82) is 0 Å². The van der Waals surface area contributed by atoms with E-state index >= 15 is 0 Å². The van der Waals surface area contributed by atoms with Crippen LogP contribution in [0.5, 0.6) is 0 Å². The lowest BCUT2D eigenvalue weighted by atomic mass is 9.91. The van der Waals surface area contributed by atoms with Gasteiger partial charge in [-0.3, -0.25) is 14.4 Å². The highest BCUT2D eigenvalue weighted by atomic mass is 16.2. The number of piperidine rings is 1. The predicted molar refractivity (Wildman–Crippen MR) is 107 cm³/mol. The summed E-state index contributed by atoms with van der Waals surface area (Å²) in [5, 5.41) is 2.86. The van der Waals surface area contributed by atoms with Crippen molar-refractivity contribution in [3.05, 3.63) is 35.9 Å². The van der Waals surface area contributed by atoms with E-state index < -0.39 is 0 Å². The Bertz CT molecular complexity index is 684. The van der Waals surface area contributed by atoms with E-state index in [1.807, 2.05) is 42.3 Å². The van der Waals surface area contributed by atoms with Crippen molar-refractivity contribution in [2.75, 3.05) is 20.1 Å². The molecule has 0 unspecified atom stereocenters. The minimum atomic E-state index is 0.00972. The average molecular weight is 386 g/mol. The number of hydrogen-bond acceptors (Lipinski definition) is 3. The van der Waals surface area contributed by atoms with Crippen molar-refractivity contribution >= 4 is 17.7 Å². The number of hydrogen-bond donors (Lipinski definition) is 1. The van der Waals surface area contributed by atoms with Crippen LogP contribution in [0.15, 0.2) is 30.3 Å². The highest BCUT2D eigenvalue weighted by molar-refractivity contribution is 5.82. The Balaban J connectivity index is 1.34. The van der Waals surface area contributed by atoms with Gasteiger partial charge >= 0.3 is 0 Å². The van der Waals surface area contributed by atoms with E-state index in [-0.39, 0.29) is 23.8 Å². The van der Waals surface area contributed by atoms with Gasteiger partial charge in [-0.2, -0.15) is 0 Å². The van der Waals surface area contributed by atoms with Crippen molar-refractivity contribution in [2.45, 2.75) is 57.5 Å². The van der Waals surface area contributed by atoms with Crippen LogP contribution in [0.1, 0.15) is 50.5 Å². The lowest BCUT2D eigenvalue weighted by Crippen LogP contribution is -2.41. The summed E-state index contributed by atoms with van der Waals surface area (Å²) >= 11 is 0. The van der Waals surface area contributed by atoms with Crippen molar-refractivity contribution < 1.29 is 14.4 Å². The van der Waals surface area contributed by atoms with Crippen molar-refractivity contribution in [2.24, 2.45) is 5.92 Å². The largest absolute Gasteiger partial charge is 0.353 e. The summed E-state index contributed by atoms with van der Waals surface area (Å²) < 4.78 is 0. The molecule has 0 aliphatic carbocycles. The van der Waals surface area contributed by atoms with E-state index in [4.69, 9.17) is 0 Å². The quantitative estimate of drug-likeness (QED) is 0.783. The third-order valence-electron chi connectivity index (χ3n) is 5.93. The zero-order valence-electron chi connectivity index (χ0n) is 16.7. The number of amides is 3. The highest BCUT2D eigenvalue weighted by Gasteiger charge is 2.28. The van der Waals surface area contributed by atoms with Gasteiger partial charge in [0.1, 0.15) is 0 Å². The fraction of sp³-hybridized carbons (Fsp3) is 0.591. The number of likely N-dealkylation sites (tertiary alicyclic amines) is 1. The van der Waals surface area contributed by atoms with Gasteiger partial charge in [0.15, 0.2) is 0 Å². The molecule has 1 atom stereocenters. The van der Waals surface area contributed by atoms with E-state index in [1.54, 1.807) is 4.90 Å². The second-order valence-electron chi connectivity index (χ2n) is 8.11. The molecular weight excluding hydrogens is 354 g/mol. The molecule has 3 rings (SSSR count). The first-order valence-corrected chi connectivity index (χ1v) is 10.4. The molecule has 1 N–H and O–H groups in total. The van der Waals surface area contributed by atoms with Gasteiger partial charge in [0.2, 0.25) is 17.7 Å². The standard InChI is InChI=1S/C22H31N3O3/c1-24(16-18-5-3-2-4-6-18)21(27)10-7-17-11-13-25(14-12-17)22(28)15-19-8-9-20(26)23-19/h2-6,17,19H,7-16H2,1H3,(H,23,26)/t19-/m0/s1. The molecule has 2 heterocycles. The first-order chi connectivity index (χ1) is 13.5. The van der Waals surface area contributed by atoms with Gasteiger partial charge in [0.05, 0.1) is 0 Å². The Morgan fingerprint density at radius 1 is 1.14 bits per heavy atom. The first kappa shape index (κ1) is 20.4. The average Bonchev–Trinajstić information content (AvgIpc) is 3.11. The third kappa shape index (κ3) is 5.81. The maximum Gasteiger partial charge on any atom is 0.224 e. The summed E-state index contributed by atoms with van der Waals surface area (Å²) in [5.74, 6) is 0.881. The Hall–Kier alpha value is -2.37. The lowest BCUT2D eigenvalue weighted by molar-refractivity contribution is -0.134. The van der Waals surface area contributed by atoms with Gasteiger partial charge in [-0.25, -0.2) is 0 Å². The topological polar surface area (TPSA) is 69.7 Å². The molecule has 6 heteroatoms. The van der Waals surface area contributed by atoms with E-state index in [0.29, 0.717) is 31.7 Å². The normalized spacial score (nSPS) is 20.1. The number of carbonyl (C=O) groups is 3. The monoisotopic (exact) mass is 385 g/mol. The van der Waals surface area contributed by atoms with Gasteiger partial charge in [-0.15, -0.1) is 0 Å². The van der Waals surface area contributed by atoms with Crippen LogP contribution in [0.4, 0.5) is 0 Å². The molecule has 0 aromatic heterocycles. The first-order valence-electron chi connectivity index (χ1n) is 10.4. The SMILES string of the molecule is CN(Cc1ccccc1)C(=O)CCC1CCN(C(=O)C[C@@H]2CCC(=O)N2)CC1. The Morgan fingerprint density at radius 3 is 2.50 bits per heavy atom. The number of nitrogens with one attached hydrogen (secondary N) is 1. The van der Waals surface area contributed by atoms with Crippen LogP contribution in [-0.2, 0) is 20.9 Å². The molecule has 1 aromatic carbocycles. The number of carbonyl (C=O) groups excluding carboxylic acids is 3.